The Hall–Kier alpha value is -2.84. The van der Waals surface area contributed by atoms with Crippen LogP contribution in [-0.2, 0) is 11.3 Å². The molecule has 2 aromatic carbocycles. The van der Waals surface area contributed by atoms with Crippen LogP contribution in [0.4, 0.5) is 5.69 Å². The van der Waals surface area contributed by atoms with Gasteiger partial charge in [0.05, 0.1) is 7.11 Å². The molecule has 0 spiro atoms. The number of benzene rings is 2. The van der Waals surface area contributed by atoms with Gasteiger partial charge in [0.1, 0.15) is 12.3 Å². The highest BCUT2D eigenvalue weighted by molar-refractivity contribution is 7.71. The normalized spacial score (nSPS) is 14.1. The number of carbonyl (C=O) groups excluding carboxylic acids is 1. The molecule has 0 saturated carbocycles. The molecule has 1 aromatic heterocycles. The number of nitrogens with one attached hydrogen (secondary N) is 1. The maximum atomic E-state index is 13.0. The summed E-state index contributed by atoms with van der Waals surface area (Å²) in [5.41, 5.74) is 1.94. The summed E-state index contributed by atoms with van der Waals surface area (Å²) >= 11 is 11.5. The van der Waals surface area contributed by atoms with Gasteiger partial charge in [0, 0.05) is 42.5 Å². The van der Waals surface area contributed by atoms with Gasteiger partial charge >= 0.3 is 0 Å². The first-order valence-electron chi connectivity index (χ1n) is 9.63. The SMILES string of the molecule is COc1ccc(-c2n[nH]c(=S)n2CC(=O)N2CCN(c3cccc(Cl)c3)CC2)cc1. The minimum atomic E-state index is 0.0213. The predicted octanol–water partition coefficient (Wildman–Crippen LogP) is 3.62. The van der Waals surface area contributed by atoms with Crippen LogP contribution in [-0.4, -0.2) is 58.9 Å². The fraction of sp³-hybridized carbons (Fsp3) is 0.286. The fourth-order valence-corrected chi connectivity index (χ4v) is 3.93. The molecular formula is C21H22ClN5O2S. The molecule has 4 rings (SSSR count). The van der Waals surface area contributed by atoms with Crippen LogP contribution in [0, 0.1) is 4.77 Å². The summed E-state index contributed by atoms with van der Waals surface area (Å²) in [6.07, 6.45) is 0. The predicted molar refractivity (Wildman–Crippen MR) is 120 cm³/mol. The van der Waals surface area contributed by atoms with Crippen molar-refractivity contribution in [2.24, 2.45) is 0 Å². The highest BCUT2D eigenvalue weighted by atomic mass is 35.5. The van der Waals surface area contributed by atoms with Crippen molar-refractivity contribution < 1.29 is 9.53 Å². The monoisotopic (exact) mass is 443 g/mol. The van der Waals surface area contributed by atoms with Gasteiger partial charge in [-0.05, 0) is 54.7 Å². The van der Waals surface area contributed by atoms with E-state index < -0.39 is 0 Å². The van der Waals surface area contributed by atoms with Crippen molar-refractivity contribution in [3.8, 4) is 17.1 Å². The van der Waals surface area contributed by atoms with Gasteiger partial charge in [0.15, 0.2) is 10.6 Å². The third-order valence-electron chi connectivity index (χ3n) is 5.21. The lowest BCUT2D eigenvalue weighted by molar-refractivity contribution is -0.132. The molecule has 3 aromatic rings. The molecule has 1 fully saturated rings. The van der Waals surface area contributed by atoms with Crippen molar-refractivity contribution in [1.29, 1.82) is 0 Å². The summed E-state index contributed by atoms with van der Waals surface area (Å²) in [5.74, 6) is 1.41. The van der Waals surface area contributed by atoms with Gasteiger partial charge in [-0.3, -0.25) is 14.5 Å². The minimum absolute atomic E-state index is 0.0213. The van der Waals surface area contributed by atoms with Crippen LogP contribution < -0.4 is 9.64 Å². The largest absolute Gasteiger partial charge is 0.497 e. The molecule has 0 unspecified atom stereocenters. The third kappa shape index (κ3) is 4.34. The number of aromatic nitrogens is 3. The summed E-state index contributed by atoms with van der Waals surface area (Å²) in [6, 6.07) is 15.3. The fourth-order valence-electron chi connectivity index (χ4n) is 3.55. The smallest absolute Gasteiger partial charge is 0.242 e. The Kier molecular flexibility index (Phi) is 6.06. The van der Waals surface area contributed by atoms with Gasteiger partial charge in [-0.2, -0.15) is 5.10 Å². The molecule has 1 N–H and O–H groups in total. The minimum Gasteiger partial charge on any atom is -0.497 e. The second kappa shape index (κ2) is 8.89. The second-order valence-corrected chi connectivity index (χ2v) is 7.84. The number of rotatable bonds is 5. The number of nitrogens with zero attached hydrogens (tertiary/aromatic N) is 4. The van der Waals surface area contributed by atoms with Gasteiger partial charge in [-0.1, -0.05) is 17.7 Å². The Labute approximate surface area is 184 Å². The molecule has 7 nitrogen and oxygen atoms in total. The van der Waals surface area contributed by atoms with Crippen molar-refractivity contribution in [1.82, 2.24) is 19.7 Å². The third-order valence-corrected chi connectivity index (χ3v) is 5.75. The van der Waals surface area contributed by atoms with E-state index in [2.05, 4.69) is 15.1 Å². The molecule has 0 bridgehead atoms. The first-order valence-corrected chi connectivity index (χ1v) is 10.4. The molecular weight excluding hydrogens is 422 g/mol. The van der Waals surface area contributed by atoms with Crippen LogP contribution in [0.15, 0.2) is 48.5 Å². The number of carbonyl (C=O) groups is 1. The second-order valence-electron chi connectivity index (χ2n) is 7.01. The Morgan fingerprint density at radius 2 is 1.90 bits per heavy atom. The first kappa shape index (κ1) is 20.4. The lowest BCUT2D eigenvalue weighted by Gasteiger charge is -2.36. The van der Waals surface area contributed by atoms with Gasteiger partial charge in [0.2, 0.25) is 5.91 Å². The summed E-state index contributed by atoms with van der Waals surface area (Å²) in [5, 5.41) is 7.83. The number of hydrogen-bond donors (Lipinski definition) is 1. The number of hydrogen-bond acceptors (Lipinski definition) is 5. The number of halogens is 1. The molecule has 1 amide bonds. The average Bonchev–Trinajstić information content (AvgIpc) is 3.14. The van der Waals surface area contributed by atoms with E-state index in [1.54, 1.807) is 11.7 Å². The first-order chi connectivity index (χ1) is 14.5. The van der Waals surface area contributed by atoms with Crippen molar-refractivity contribution in [3.05, 3.63) is 58.3 Å². The van der Waals surface area contributed by atoms with Crippen molar-refractivity contribution in [2.75, 3.05) is 38.2 Å². The molecule has 1 aliphatic heterocycles. The van der Waals surface area contributed by atoms with Crippen molar-refractivity contribution in [3.63, 3.8) is 0 Å². The quantitative estimate of drug-likeness (QED) is 0.610. The summed E-state index contributed by atoms with van der Waals surface area (Å²) in [4.78, 5) is 17.1. The standard InChI is InChI=1S/C21H22ClN5O2S/c1-29-18-7-5-15(6-8-18)20-23-24-21(30)27(20)14-19(28)26-11-9-25(10-12-26)17-4-2-3-16(22)13-17/h2-8,13H,9-12,14H2,1H3,(H,24,30). The lowest BCUT2D eigenvalue weighted by Crippen LogP contribution is -2.49. The molecule has 0 atom stereocenters. The number of aromatic amines is 1. The number of H-pyrrole nitrogens is 1. The van der Waals surface area contributed by atoms with E-state index in [4.69, 9.17) is 28.6 Å². The Bertz CT molecular complexity index is 1090. The van der Waals surface area contributed by atoms with Gasteiger partial charge in [0.25, 0.3) is 0 Å². The zero-order valence-electron chi connectivity index (χ0n) is 16.5. The Morgan fingerprint density at radius 1 is 1.17 bits per heavy atom. The molecule has 1 saturated heterocycles. The topological polar surface area (TPSA) is 66.4 Å². The van der Waals surface area contributed by atoms with Crippen molar-refractivity contribution in [2.45, 2.75) is 6.54 Å². The van der Waals surface area contributed by atoms with Gasteiger partial charge < -0.3 is 14.5 Å². The Morgan fingerprint density at radius 3 is 2.57 bits per heavy atom. The van der Waals surface area contributed by atoms with Crippen LogP contribution in [0.3, 0.4) is 0 Å². The molecule has 30 heavy (non-hydrogen) atoms. The van der Waals surface area contributed by atoms with Crippen LogP contribution in [0.1, 0.15) is 0 Å². The van der Waals surface area contributed by atoms with E-state index in [0.717, 1.165) is 30.1 Å². The summed E-state index contributed by atoms with van der Waals surface area (Å²) in [7, 11) is 1.62. The molecule has 2 heterocycles. The summed E-state index contributed by atoms with van der Waals surface area (Å²) < 4.78 is 7.37. The van der Waals surface area contributed by atoms with Gasteiger partial charge in [-0.25, -0.2) is 0 Å². The lowest BCUT2D eigenvalue weighted by atomic mass is 10.2. The molecule has 1 aliphatic rings. The zero-order chi connectivity index (χ0) is 21.1. The number of anilines is 1. The number of piperazine rings is 1. The van der Waals surface area contributed by atoms with E-state index >= 15 is 0 Å². The maximum absolute atomic E-state index is 13.0. The van der Waals surface area contributed by atoms with E-state index in [0.29, 0.717) is 28.7 Å². The average molecular weight is 444 g/mol. The van der Waals surface area contributed by atoms with E-state index in [9.17, 15) is 4.79 Å². The number of ether oxygens (including phenoxy) is 1. The zero-order valence-corrected chi connectivity index (χ0v) is 18.1. The Balaban J connectivity index is 1.43. The molecule has 0 aliphatic carbocycles. The van der Waals surface area contributed by atoms with Crippen LogP contribution >= 0.6 is 23.8 Å². The highest BCUT2D eigenvalue weighted by Crippen LogP contribution is 2.22. The highest BCUT2D eigenvalue weighted by Gasteiger charge is 2.23. The molecule has 156 valence electrons. The van der Waals surface area contributed by atoms with Crippen LogP contribution in [0.2, 0.25) is 5.02 Å². The van der Waals surface area contributed by atoms with E-state index in [1.807, 2.05) is 53.4 Å². The van der Waals surface area contributed by atoms with Crippen LogP contribution in [0.25, 0.3) is 11.4 Å². The maximum Gasteiger partial charge on any atom is 0.242 e. The van der Waals surface area contributed by atoms with Crippen LogP contribution in [0.5, 0.6) is 5.75 Å². The summed E-state index contributed by atoms with van der Waals surface area (Å²) in [6.45, 7) is 2.96. The van der Waals surface area contributed by atoms with E-state index in [-0.39, 0.29) is 12.5 Å². The molecule has 9 heteroatoms. The van der Waals surface area contributed by atoms with E-state index in [1.165, 1.54) is 0 Å². The number of methoxy groups -OCH3 is 1. The number of amides is 1. The molecule has 0 radical (unpaired) electrons. The van der Waals surface area contributed by atoms with Gasteiger partial charge in [-0.15, -0.1) is 0 Å². The van der Waals surface area contributed by atoms with Crippen molar-refractivity contribution >= 4 is 35.4 Å².